The summed E-state index contributed by atoms with van der Waals surface area (Å²) in [5.41, 5.74) is -1.35. The van der Waals surface area contributed by atoms with Gasteiger partial charge in [0.15, 0.2) is 0 Å². The van der Waals surface area contributed by atoms with Crippen LogP contribution in [0.3, 0.4) is 0 Å². The van der Waals surface area contributed by atoms with Crippen LogP contribution in [0.5, 0.6) is 0 Å². The Morgan fingerprint density at radius 3 is 2.43 bits per heavy atom. The minimum absolute atomic E-state index is 0.222. The molecule has 21 heavy (non-hydrogen) atoms. The van der Waals surface area contributed by atoms with Gasteiger partial charge in [0.05, 0.1) is 17.8 Å². The molecule has 0 bridgehead atoms. The summed E-state index contributed by atoms with van der Waals surface area (Å²) >= 11 is 0. The van der Waals surface area contributed by atoms with Gasteiger partial charge in [-0.2, -0.15) is 13.2 Å². The highest BCUT2D eigenvalue weighted by Crippen LogP contribution is 2.35. The fraction of sp³-hybridized carbons (Fsp3) is 0.214. The van der Waals surface area contributed by atoms with Crippen LogP contribution in [-0.2, 0) is 6.18 Å². The third-order valence-corrected chi connectivity index (χ3v) is 2.99. The van der Waals surface area contributed by atoms with Crippen molar-refractivity contribution in [3.05, 3.63) is 65.0 Å². The molecule has 112 valence electrons. The Balaban J connectivity index is 2.54. The number of halogens is 5. The summed E-state index contributed by atoms with van der Waals surface area (Å²) in [6.07, 6.45) is -2.57. The van der Waals surface area contributed by atoms with Crippen molar-refractivity contribution < 1.29 is 22.0 Å². The van der Waals surface area contributed by atoms with Crippen LogP contribution in [0.15, 0.2) is 36.7 Å². The van der Waals surface area contributed by atoms with E-state index in [2.05, 4.69) is 10.3 Å². The van der Waals surface area contributed by atoms with Gasteiger partial charge >= 0.3 is 6.18 Å². The predicted molar refractivity (Wildman–Crippen MR) is 66.5 cm³/mol. The van der Waals surface area contributed by atoms with Gasteiger partial charge in [-0.3, -0.25) is 4.98 Å². The molecule has 0 saturated heterocycles. The van der Waals surface area contributed by atoms with Gasteiger partial charge in [0.2, 0.25) is 0 Å². The van der Waals surface area contributed by atoms with E-state index in [9.17, 15) is 22.0 Å². The van der Waals surface area contributed by atoms with Gasteiger partial charge in [-0.15, -0.1) is 0 Å². The van der Waals surface area contributed by atoms with E-state index < -0.39 is 29.4 Å². The van der Waals surface area contributed by atoms with Gasteiger partial charge in [0, 0.05) is 11.8 Å². The number of rotatable bonds is 3. The summed E-state index contributed by atoms with van der Waals surface area (Å²) in [5, 5.41) is 2.67. The highest BCUT2D eigenvalue weighted by atomic mass is 19.4. The molecule has 2 nitrogen and oxygen atoms in total. The van der Waals surface area contributed by atoms with Crippen LogP contribution in [0, 0.1) is 11.6 Å². The molecule has 1 aromatic carbocycles. The number of hydrogen-bond acceptors (Lipinski definition) is 2. The minimum atomic E-state index is -4.79. The van der Waals surface area contributed by atoms with Crippen LogP contribution < -0.4 is 5.32 Å². The maximum absolute atomic E-state index is 14.1. The zero-order chi connectivity index (χ0) is 15.6. The fourth-order valence-electron chi connectivity index (χ4n) is 2.08. The molecular weight excluding hydrogens is 291 g/mol. The first kappa shape index (κ1) is 15.4. The summed E-state index contributed by atoms with van der Waals surface area (Å²) in [7, 11) is 1.44. The van der Waals surface area contributed by atoms with Gasteiger partial charge in [-0.1, -0.05) is 12.1 Å². The van der Waals surface area contributed by atoms with Gasteiger partial charge < -0.3 is 5.32 Å². The minimum Gasteiger partial charge on any atom is -0.309 e. The largest absolute Gasteiger partial charge is 0.419 e. The molecule has 0 saturated carbocycles. The molecule has 0 aliphatic heterocycles. The lowest BCUT2D eigenvalue weighted by atomic mass is 9.97. The van der Waals surface area contributed by atoms with Crippen molar-refractivity contribution in [2.24, 2.45) is 0 Å². The van der Waals surface area contributed by atoms with E-state index >= 15 is 0 Å². The van der Waals surface area contributed by atoms with Crippen molar-refractivity contribution >= 4 is 0 Å². The molecule has 1 N–H and O–H groups in total. The number of alkyl halides is 3. The van der Waals surface area contributed by atoms with Crippen LogP contribution in [0.25, 0.3) is 0 Å². The van der Waals surface area contributed by atoms with Gasteiger partial charge in [-0.25, -0.2) is 8.78 Å². The van der Waals surface area contributed by atoms with E-state index in [0.717, 1.165) is 18.3 Å². The topological polar surface area (TPSA) is 24.9 Å². The number of nitrogens with one attached hydrogen (secondary N) is 1. The maximum Gasteiger partial charge on any atom is 0.419 e. The molecular formula is C14H11F5N2. The smallest absolute Gasteiger partial charge is 0.309 e. The molecule has 0 radical (unpaired) electrons. The van der Waals surface area contributed by atoms with Gasteiger partial charge in [0.1, 0.15) is 11.6 Å². The van der Waals surface area contributed by atoms with Crippen molar-refractivity contribution in [3.8, 4) is 0 Å². The second-order valence-corrected chi connectivity index (χ2v) is 4.36. The zero-order valence-corrected chi connectivity index (χ0v) is 10.9. The second-order valence-electron chi connectivity index (χ2n) is 4.36. The summed E-state index contributed by atoms with van der Waals surface area (Å²) in [4.78, 5) is 3.62. The molecule has 1 atom stereocenters. The summed E-state index contributed by atoms with van der Waals surface area (Å²) in [6, 6.07) is 3.15. The first-order valence-corrected chi connectivity index (χ1v) is 5.98. The van der Waals surface area contributed by atoms with E-state index in [0.29, 0.717) is 6.07 Å². The number of pyridine rings is 1. The van der Waals surface area contributed by atoms with Crippen LogP contribution in [-0.4, -0.2) is 12.0 Å². The van der Waals surface area contributed by atoms with Crippen molar-refractivity contribution in [1.82, 2.24) is 10.3 Å². The SMILES string of the molecule is CNC(c1cncc(F)c1)c1cccc(C(F)(F)F)c1F. The monoisotopic (exact) mass is 302 g/mol. The normalized spacial score (nSPS) is 13.2. The summed E-state index contributed by atoms with van der Waals surface area (Å²) < 4.78 is 65.5. The van der Waals surface area contributed by atoms with Crippen LogP contribution in [0.2, 0.25) is 0 Å². The highest BCUT2D eigenvalue weighted by Gasteiger charge is 2.35. The second kappa shape index (κ2) is 5.77. The number of hydrogen-bond donors (Lipinski definition) is 1. The van der Waals surface area contributed by atoms with E-state index in [4.69, 9.17) is 0 Å². The van der Waals surface area contributed by atoms with Crippen molar-refractivity contribution in [1.29, 1.82) is 0 Å². The molecule has 0 aliphatic carbocycles. The molecule has 0 fully saturated rings. The third kappa shape index (κ3) is 3.18. The molecule has 0 amide bonds. The third-order valence-electron chi connectivity index (χ3n) is 2.99. The lowest BCUT2D eigenvalue weighted by molar-refractivity contribution is -0.140. The Labute approximate surface area is 117 Å². The molecule has 1 heterocycles. The van der Waals surface area contributed by atoms with Crippen LogP contribution in [0.4, 0.5) is 22.0 Å². The Hall–Kier alpha value is -2.02. The van der Waals surface area contributed by atoms with E-state index in [1.165, 1.54) is 19.3 Å². The van der Waals surface area contributed by atoms with Crippen molar-refractivity contribution in [2.75, 3.05) is 7.05 Å². The van der Waals surface area contributed by atoms with E-state index in [1.807, 2.05) is 0 Å². The van der Waals surface area contributed by atoms with Gasteiger partial charge in [-0.05, 0) is 24.7 Å². The lowest BCUT2D eigenvalue weighted by Crippen LogP contribution is -2.21. The number of benzene rings is 1. The first-order valence-electron chi connectivity index (χ1n) is 5.98. The summed E-state index contributed by atoms with van der Waals surface area (Å²) in [6.45, 7) is 0. The first-order chi connectivity index (χ1) is 9.84. The Kier molecular flexibility index (Phi) is 4.22. The zero-order valence-electron chi connectivity index (χ0n) is 10.9. The molecule has 0 spiro atoms. The standard InChI is InChI=1S/C14H11F5N2/c1-20-13(8-5-9(15)7-21-6-8)10-3-2-4-11(12(10)16)14(17,18)19/h2-7,13,20H,1H3. The van der Waals surface area contributed by atoms with Gasteiger partial charge in [0.25, 0.3) is 0 Å². The highest BCUT2D eigenvalue weighted by molar-refractivity contribution is 5.36. The van der Waals surface area contributed by atoms with Crippen LogP contribution >= 0.6 is 0 Å². The van der Waals surface area contributed by atoms with Crippen molar-refractivity contribution in [2.45, 2.75) is 12.2 Å². The Morgan fingerprint density at radius 2 is 1.86 bits per heavy atom. The average molecular weight is 302 g/mol. The number of nitrogens with zero attached hydrogens (tertiary/aromatic N) is 1. The average Bonchev–Trinajstić information content (AvgIpc) is 2.40. The van der Waals surface area contributed by atoms with E-state index in [1.54, 1.807) is 0 Å². The summed E-state index contributed by atoms with van der Waals surface area (Å²) in [5.74, 6) is -2.03. The quantitative estimate of drug-likeness (QED) is 0.875. The molecule has 7 heteroatoms. The molecule has 1 unspecified atom stereocenters. The Bertz CT molecular complexity index is 640. The molecule has 1 aromatic heterocycles. The predicted octanol–water partition coefficient (Wildman–Crippen LogP) is 3.69. The molecule has 0 aliphatic rings. The number of aromatic nitrogens is 1. The molecule has 2 aromatic rings. The van der Waals surface area contributed by atoms with Crippen molar-refractivity contribution in [3.63, 3.8) is 0 Å². The maximum atomic E-state index is 14.1. The molecule has 2 rings (SSSR count). The lowest BCUT2D eigenvalue weighted by Gasteiger charge is -2.19. The van der Waals surface area contributed by atoms with E-state index in [-0.39, 0.29) is 11.1 Å². The Morgan fingerprint density at radius 1 is 1.14 bits per heavy atom. The van der Waals surface area contributed by atoms with Crippen LogP contribution in [0.1, 0.15) is 22.7 Å². The fourth-order valence-corrected chi connectivity index (χ4v) is 2.08.